The van der Waals surface area contributed by atoms with Gasteiger partial charge in [0.2, 0.25) is 0 Å². The molecular formula is C21H36N4. The second-order valence-corrected chi connectivity index (χ2v) is 8.32. The predicted molar refractivity (Wildman–Crippen MR) is 105 cm³/mol. The summed E-state index contributed by atoms with van der Waals surface area (Å²) in [6.07, 6.45) is 7.28. The Balaban J connectivity index is 1.69. The van der Waals surface area contributed by atoms with Gasteiger partial charge in [0, 0.05) is 37.9 Å². The first-order valence-electron chi connectivity index (χ1n) is 10.2. The van der Waals surface area contributed by atoms with Gasteiger partial charge in [0.05, 0.1) is 5.69 Å². The average molecular weight is 345 g/mol. The molecule has 2 saturated heterocycles. The maximum Gasteiger partial charge on any atom is 0.0573 e. The molecule has 0 spiro atoms. The summed E-state index contributed by atoms with van der Waals surface area (Å²) in [6.45, 7) is 12.5. The van der Waals surface area contributed by atoms with Crippen LogP contribution in [0, 0.1) is 18.8 Å². The van der Waals surface area contributed by atoms with Gasteiger partial charge in [-0.1, -0.05) is 19.9 Å². The first-order chi connectivity index (χ1) is 12.1. The van der Waals surface area contributed by atoms with E-state index in [0.717, 1.165) is 31.5 Å². The van der Waals surface area contributed by atoms with E-state index >= 15 is 0 Å². The number of rotatable bonds is 6. The molecule has 0 aliphatic carbocycles. The van der Waals surface area contributed by atoms with Crippen LogP contribution in [0.1, 0.15) is 50.8 Å². The minimum absolute atomic E-state index is 0.608. The van der Waals surface area contributed by atoms with E-state index in [1.165, 1.54) is 50.0 Å². The van der Waals surface area contributed by atoms with Gasteiger partial charge in [0.25, 0.3) is 0 Å². The van der Waals surface area contributed by atoms with Crippen molar-refractivity contribution in [2.75, 3.05) is 26.2 Å². The Bertz CT molecular complexity index is 508. The van der Waals surface area contributed by atoms with Gasteiger partial charge in [0.15, 0.2) is 0 Å². The number of aromatic nitrogens is 1. The standard InChI is InChI=1S/C21H36N4/c1-16-7-4-10-22-19(16)13-25(14-20-17(2)8-5-11-23-20)15-21-18(3)9-6-12-24-21/h4,7,10,17-18,20-21,23-24H,5-6,8-9,11-15H2,1-3H3. The van der Waals surface area contributed by atoms with Crippen LogP contribution in [0.4, 0.5) is 0 Å². The molecule has 25 heavy (non-hydrogen) atoms. The van der Waals surface area contributed by atoms with Crippen molar-refractivity contribution in [3.05, 3.63) is 29.6 Å². The third-order valence-corrected chi connectivity index (χ3v) is 6.26. The summed E-state index contributed by atoms with van der Waals surface area (Å²) >= 11 is 0. The molecule has 1 aromatic rings. The summed E-state index contributed by atoms with van der Waals surface area (Å²) in [4.78, 5) is 7.31. The molecular weight excluding hydrogens is 308 g/mol. The SMILES string of the molecule is Cc1cccnc1CN(CC1NCCCC1C)CC1NCCCC1C. The lowest BCUT2D eigenvalue weighted by Gasteiger charge is -2.38. The molecule has 4 atom stereocenters. The Morgan fingerprint density at radius 1 is 1.04 bits per heavy atom. The second-order valence-electron chi connectivity index (χ2n) is 8.32. The molecule has 0 bridgehead atoms. The Kier molecular flexibility index (Phi) is 6.85. The number of nitrogens with zero attached hydrogens (tertiary/aromatic N) is 2. The van der Waals surface area contributed by atoms with Crippen LogP contribution in [0.2, 0.25) is 0 Å². The normalized spacial score (nSPS) is 30.6. The van der Waals surface area contributed by atoms with Crippen LogP contribution >= 0.6 is 0 Å². The smallest absolute Gasteiger partial charge is 0.0573 e. The number of aryl methyl sites for hydroxylation is 1. The number of hydrogen-bond donors (Lipinski definition) is 2. The van der Waals surface area contributed by atoms with Gasteiger partial charge in [-0.05, 0) is 69.2 Å². The fraction of sp³-hybridized carbons (Fsp3) is 0.762. The predicted octanol–water partition coefficient (Wildman–Crippen LogP) is 2.97. The van der Waals surface area contributed by atoms with Gasteiger partial charge in [-0.15, -0.1) is 0 Å². The lowest BCUT2D eigenvalue weighted by Crippen LogP contribution is -2.52. The summed E-state index contributed by atoms with van der Waals surface area (Å²) in [7, 11) is 0. The van der Waals surface area contributed by atoms with E-state index in [0.29, 0.717) is 12.1 Å². The molecule has 1 aromatic heterocycles. The van der Waals surface area contributed by atoms with Crippen molar-refractivity contribution < 1.29 is 0 Å². The Labute approximate surface area is 153 Å². The highest BCUT2D eigenvalue weighted by Crippen LogP contribution is 2.21. The fourth-order valence-corrected chi connectivity index (χ4v) is 4.37. The van der Waals surface area contributed by atoms with Crippen molar-refractivity contribution in [2.45, 2.75) is 65.1 Å². The summed E-state index contributed by atoms with van der Waals surface area (Å²) in [6, 6.07) is 5.44. The van der Waals surface area contributed by atoms with E-state index < -0.39 is 0 Å². The number of pyridine rings is 1. The number of piperidine rings is 2. The van der Waals surface area contributed by atoms with E-state index in [1.807, 2.05) is 12.3 Å². The minimum atomic E-state index is 0.608. The van der Waals surface area contributed by atoms with Crippen LogP contribution in [0.15, 0.2) is 18.3 Å². The molecule has 0 amide bonds. The van der Waals surface area contributed by atoms with Crippen LogP contribution in [-0.2, 0) is 6.54 Å². The summed E-state index contributed by atoms with van der Waals surface area (Å²) in [5, 5.41) is 7.53. The fourth-order valence-electron chi connectivity index (χ4n) is 4.37. The molecule has 2 N–H and O–H groups in total. The van der Waals surface area contributed by atoms with Gasteiger partial charge >= 0.3 is 0 Å². The molecule has 4 heteroatoms. The topological polar surface area (TPSA) is 40.2 Å². The third-order valence-electron chi connectivity index (χ3n) is 6.26. The van der Waals surface area contributed by atoms with Crippen LogP contribution in [-0.4, -0.2) is 48.1 Å². The molecule has 0 saturated carbocycles. The lowest BCUT2D eigenvalue weighted by atomic mass is 9.90. The molecule has 0 radical (unpaired) electrons. The van der Waals surface area contributed by atoms with Crippen molar-refractivity contribution >= 4 is 0 Å². The zero-order valence-electron chi connectivity index (χ0n) is 16.3. The molecule has 2 fully saturated rings. The molecule has 4 nitrogen and oxygen atoms in total. The largest absolute Gasteiger partial charge is 0.312 e. The highest BCUT2D eigenvalue weighted by atomic mass is 15.2. The van der Waals surface area contributed by atoms with Crippen LogP contribution in [0.25, 0.3) is 0 Å². The first-order valence-corrected chi connectivity index (χ1v) is 10.2. The molecule has 2 aliphatic heterocycles. The quantitative estimate of drug-likeness (QED) is 0.832. The van der Waals surface area contributed by atoms with Gasteiger partial charge in [-0.3, -0.25) is 9.88 Å². The Morgan fingerprint density at radius 3 is 2.16 bits per heavy atom. The Hall–Kier alpha value is -0.970. The molecule has 2 aliphatic rings. The third kappa shape index (κ3) is 5.25. The zero-order valence-corrected chi connectivity index (χ0v) is 16.3. The van der Waals surface area contributed by atoms with Crippen molar-refractivity contribution in [3.63, 3.8) is 0 Å². The van der Waals surface area contributed by atoms with Crippen LogP contribution in [0.3, 0.4) is 0 Å². The summed E-state index contributed by atoms with van der Waals surface area (Å²) in [5.74, 6) is 1.52. The zero-order chi connectivity index (χ0) is 17.6. The van der Waals surface area contributed by atoms with Crippen molar-refractivity contribution in [1.29, 1.82) is 0 Å². The van der Waals surface area contributed by atoms with Crippen LogP contribution < -0.4 is 10.6 Å². The maximum atomic E-state index is 4.66. The molecule has 4 unspecified atom stereocenters. The molecule has 3 rings (SSSR count). The second kappa shape index (κ2) is 9.11. The highest BCUT2D eigenvalue weighted by Gasteiger charge is 2.27. The minimum Gasteiger partial charge on any atom is -0.312 e. The van der Waals surface area contributed by atoms with Crippen LogP contribution in [0.5, 0.6) is 0 Å². The maximum absolute atomic E-state index is 4.66. The summed E-state index contributed by atoms with van der Waals surface area (Å²) < 4.78 is 0. The summed E-state index contributed by atoms with van der Waals surface area (Å²) in [5.41, 5.74) is 2.54. The average Bonchev–Trinajstić information content (AvgIpc) is 2.61. The van der Waals surface area contributed by atoms with E-state index in [9.17, 15) is 0 Å². The lowest BCUT2D eigenvalue weighted by molar-refractivity contribution is 0.145. The van der Waals surface area contributed by atoms with E-state index in [1.54, 1.807) is 0 Å². The van der Waals surface area contributed by atoms with E-state index in [4.69, 9.17) is 0 Å². The van der Waals surface area contributed by atoms with Gasteiger partial charge in [-0.2, -0.15) is 0 Å². The number of nitrogens with one attached hydrogen (secondary N) is 2. The van der Waals surface area contributed by atoms with Crippen molar-refractivity contribution in [3.8, 4) is 0 Å². The molecule has 0 aromatic carbocycles. The molecule has 3 heterocycles. The van der Waals surface area contributed by atoms with E-state index in [2.05, 4.69) is 47.4 Å². The Morgan fingerprint density at radius 2 is 1.64 bits per heavy atom. The highest BCUT2D eigenvalue weighted by molar-refractivity contribution is 5.17. The monoisotopic (exact) mass is 344 g/mol. The van der Waals surface area contributed by atoms with Gasteiger partial charge < -0.3 is 10.6 Å². The van der Waals surface area contributed by atoms with E-state index in [-0.39, 0.29) is 0 Å². The van der Waals surface area contributed by atoms with Crippen molar-refractivity contribution in [1.82, 2.24) is 20.5 Å². The van der Waals surface area contributed by atoms with Gasteiger partial charge in [0.1, 0.15) is 0 Å². The number of hydrogen-bond acceptors (Lipinski definition) is 4. The first kappa shape index (κ1) is 18.8. The van der Waals surface area contributed by atoms with Gasteiger partial charge in [-0.25, -0.2) is 0 Å². The van der Waals surface area contributed by atoms with Crippen molar-refractivity contribution in [2.24, 2.45) is 11.8 Å². The molecule has 140 valence electrons.